The molecule has 2 aromatic heterocycles. The first kappa shape index (κ1) is 35.4. The molecule has 0 spiro atoms. The lowest BCUT2D eigenvalue weighted by Crippen LogP contribution is -2.29. The highest BCUT2D eigenvalue weighted by Gasteiger charge is 2.17. The van der Waals surface area contributed by atoms with Crippen LogP contribution in [0.4, 0.5) is 5.82 Å². The second-order valence-corrected chi connectivity index (χ2v) is 13.5. The zero-order valence-electron chi connectivity index (χ0n) is 28.3. The van der Waals surface area contributed by atoms with Gasteiger partial charge in [0.1, 0.15) is 29.6 Å². The quantitative estimate of drug-likeness (QED) is 0.117. The van der Waals surface area contributed by atoms with E-state index in [2.05, 4.69) is 20.3 Å². The molecular formula is C40H38N6O5S. The van der Waals surface area contributed by atoms with E-state index in [1.807, 2.05) is 114 Å². The number of nitrogens with one attached hydrogen (secondary N) is 3. The third-order valence-corrected chi connectivity index (χ3v) is 9.39. The molecule has 0 saturated carbocycles. The predicted molar refractivity (Wildman–Crippen MR) is 202 cm³/mol. The number of carbonyl (C=O) groups is 2. The smallest absolute Gasteiger partial charge is 0.265 e. The Kier molecular flexibility index (Phi) is 11.6. The summed E-state index contributed by atoms with van der Waals surface area (Å²) in [7, 11) is -4.20. The van der Waals surface area contributed by atoms with Gasteiger partial charge in [0.15, 0.2) is 0 Å². The molecule has 3 heterocycles. The van der Waals surface area contributed by atoms with Crippen LogP contribution in [-0.2, 0) is 39.2 Å². The number of carbonyl (C=O) groups excluding carboxylic acids is 2. The summed E-state index contributed by atoms with van der Waals surface area (Å²) in [6.45, 7) is 1.64. The van der Waals surface area contributed by atoms with E-state index in [4.69, 9.17) is 4.74 Å². The number of sulfonamides is 1. The molecule has 0 fully saturated rings. The van der Waals surface area contributed by atoms with E-state index < -0.39 is 15.9 Å². The highest BCUT2D eigenvalue weighted by Crippen LogP contribution is 2.28. The Morgan fingerprint density at radius 3 is 2.44 bits per heavy atom. The Balaban J connectivity index is 1.13. The number of nitrogens with zero attached hydrogens (tertiary/aromatic N) is 3. The van der Waals surface area contributed by atoms with Crippen LogP contribution in [0.5, 0.6) is 5.75 Å². The zero-order chi connectivity index (χ0) is 36.2. The number of benzene rings is 3. The van der Waals surface area contributed by atoms with Crippen molar-refractivity contribution in [3.05, 3.63) is 163 Å². The Labute approximate surface area is 302 Å². The van der Waals surface area contributed by atoms with Crippen LogP contribution in [0.3, 0.4) is 0 Å². The van der Waals surface area contributed by atoms with E-state index >= 15 is 0 Å². The molecule has 3 N–H and O–H groups in total. The normalized spacial score (nSPS) is 12.8. The molecule has 0 bridgehead atoms. The summed E-state index contributed by atoms with van der Waals surface area (Å²) in [6, 6.07) is 28.1. The summed E-state index contributed by atoms with van der Waals surface area (Å²) in [4.78, 5) is 31.8. The van der Waals surface area contributed by atoms with Gasteiger partial charge in [-0.3, -0.25) is 9.59 Å². The molecule has 0 saturated heterocycles. The fraction of sp³-hybridized carbons (Fsp3) is 0.125. The highest BCUT2D eigenvalue weighted by atomic mass is 32.2. The predicted octanol–water partition coefficient (Wildman–Crippen LogP) is 5.76. The average Bonchev–Trinajstić information content (AvgIpc) is 3.50. The fourth-order valence-electron chi connectivity index (χ4n) is 5.43. The molecule has 0 radical (unpaired) electrons. The second-order valence-electron chi connectivity index (χ2n) is 11.9. The lowest BCUT2D eigenvalue weighted by Gasteiger charge is -2.14. The largest absolute Gasteiger partial charge is 0.489 e. The number of anilines is 1. The molecule has 5 aromatic rings. The van der Waals surface area contributed by atoms with Crippen molar-refractivity contribution >= 4 is 44.6 Å². The molecule has 0 atom stereocenters. The van der Waals surface area contributed by atoms with Crippen LogP contribution in [0.2, 0.25) is 0 Å². The number of pyridine rings is 1. The van der Waals surface area contributed by atoms with Crippen LogP contribution in [0.15, 0.2) is 151 Å². The molecule has 12 heteroatoms. The van der Waals surface area contributed by atoms with Gasteiger partial charge < -0.3 is 24.8 Å². The van der Waals surface area contributed by atoms with Crippen molar-refractivity contribution in [1.82, 2.24) is 24.5 Å². The van der Waals surface area contributed by atoms with E-state index in [9.17, 15) is 18.0 Å². The number of hydrogen-bond acceptors (Lipinski definition) is 8. The Hall–Kier alpha value is -6.40. The third-order valence-electron chi connectivity index (χ3n) is 8.06. The van der Waals surface area contributed by atoms with Crippen LogP contribution in [0.25, 0.3) is 17.0 Å². The molecule has 52 heavy (non-hydrogen) atoms. The van der Waals surface area contributed by atoms with Crippen LogP contribution in [0.1, 0.15) is 16.7 Å². The van der Waals surface area contributed by atoms with Gasteiger partial charge in [0.2, 0.25) is 5.91 Å². The lowest BCUT2D eigenvalue weighted by molar-refractivity contribution is -0.121. The summed E-state index contributed by atoms with van der Waals surface area (Å²) in [5, 5.41) is 6.69. The number of rotatable bonds is 15. The van der Waals surface area contributed by atoms with Gasteiger partial charge in [-0.2, -0.15) is 0 Å². The Bertz CT molecular complexity index is 2230. The van der Waals surface area contributed by atoms with Gasteiger partial charge in [-0.15, -0.1) is 0 Å². The summed E-state index contributed by atoms with van der Waals surface area (Å²) < 4.78 is 35.9. The summed E-state index contributed by atoms with van der Waals surface area (Å²) in [6.07, 6.45) is 17.6. The van der Waals surface area contributed by atoms with Crippen LogP contribution < -0.4 is 20.1 Å². The van der Waals surface area contributed by atoms with Crippen molar-refractivity contribution < 1.29 is 22.7 Å². The highest BCUT2D eigenvalue weighted by molar-refractivity contribution is 7.90. The van der Waals surface area contributed by atoms with Crippen molar-refractivity contribution in [3.8, 4) is 5.75 Å². The first-order valence-electron chi connectivity index (χ1n) is 16.7. The molecule has 11 nitrogen and oxygen atoms in total. The topological polar surface area (TPSA) is 135 Å². The summed E-state index contributed by atoms with van der Waals surface area (Å²) in [5.41, 5.74) is 3.48. The monoisotopic (exact) mass is 714 g/mol. The maximum atomic E-state index is 13.0. The van der Waals surface area contributed by atoms with Gasteiger partial charge in [-0.25, -0.2) is 18.1 Å². The van der Waals surface area contributed by atoms with Gasteiger partial charge in [-0.1, -0.05) is 72.8 Å². The van der Waals surface area contributed by atoms with E-state index in [1.165, 1.54) is 24.4 Å². The van der Waals surface area contributed by atoms with Crippen molar-refractivity contribution in [2.45, 2.75) is 24.5 Å². The van der Waals surface area contributed by atoms with Gasteiger partial charge in [0.05, 0.1) is 0 Å². The third kappa shape index (κ3) is 9.86. The number of aromatic nitrogens is 2. The maximum absolute atomic E-state index is 13.0. The first-order valence-corrected chi connectivity index (χ1v) is 18.1. The van der Waals surface area contributed by atoms with E-state index in [0.29, 0.717) is 36.7 Å². The molecule has 0 aliphatic carbocycles. The van der Waals surface area contributed by atoms with Crippen molar-refractivity contribution in [2.24, 2.45) is 0 Å². The standard InChI is InChI=1S/C40H38N6O5S/c47-39(44-52(49,50)35-16-18-38(43-27-35)41-22-25-45-23-8-3-9-24-45)19-14-33-28-46(29-40(48)42-21-20-31-10-4-1-5-11-31)37-17-15-34(26-36(33)37)51-30-32-12-6-2-7-13-32/h1-19,22-23,25-28H,20-21,24,29-30H2,(H,41,43)(H,42,48)(H,44,47). The molecule has 0 unspecified atom stereocenters. The van der Waals surface area contributed by atoms with Crippen LogP contribution >= 0.6 is 0 Å². The Morgan fingerprint density at radius 2 is 1.71 bits per heavy atom. The minimum absolute atomic E-state index is 0.0458. The number of ether oxygens (including phenoxy) is 1. The minimum atomic E-state index is -4.20. The molecular weight excluding hydrogens is 677 g/mol. The van der Waals surface area contributed by atoms with Gasteiger partial charge in [-0.05, 0) is 60.0 Å². The van der Waals surface area contributed by atoms with Gasteiger partial charge in [0, 0.05) is 66.6 Å². The van der Waals surface area contributed by atoms with Crippen molar-refractivity contribution in [3.63, 3.8) is 0 Å². The molecule has 6 rings (SSSR count). The summed E-state index contributed by atoms with van der Waals surface area (Å²) >= 11 is 0. The molecule has 264 valence electrons. The molecule has 1 aliphatic heterocycles. The van der Waals surface area contributed by atoms with Gasteiger partial charge >= 0.3 is 0 Å². The summed E-state index contributed by atoms with van der Waals surface area (Å²) in [5.74, 6) is 0.0275. The number of fused-ring (bicyclic) bond motifs is 1. The number of hydrogen-bond donors (Lipinski definition) is 3. The molecule has 1 aliphatic rings. The first-order chi connectivity index (χ1) is 25.3. The number of amides is 2. The fourth-order valence-corrected chi connectivity index (χ4v) is 6.32. The number of allylic oxidation sites excluding steroid dienone is 2. The maximum Gasteiger partial charge on any atom is 0.265 e. The van der Waals surface area contributed by atoms with E-state index in [1.54, 1.807) is 17.0 Å². The van der Waals surface area contributed by atoms with Gasteiger partial charge in [0.25, 0.3) is 15.9 Å². The SMILES string of the molecule is O=C(C=Cc1cn(CC(=O)NCCc2ccccc2)c2ccc(OCc3ccccc3)cc12)NS(=O)(=O)c1ccc(NC=CN2C=CC=CC2)nc1. The molecule has 3 aromatic carbocycles. The average molecular weight is 715 g/mol. The van der Waals surface area contributed by atoms with Crippen molar-refractivity contribution in [1.29, 1.82) is 0 Å². The zero-order valence-corrected chi connectivity index (χ0v) is 29.1. The van der Waals surface area contributed by atoms with Crippen LogP contribution in [0, 0.1) is 0 Å². The second kappa shape index (κ2) is 17.0. The van der Waals surface area contributed by atoms with E-state index in [-0.39, 0.29) is 17.3 Å². The van der Waals surface area contributed by atoms with E-state index in [0.717, 1.165) is 34.7 Å². The molecule has 2 amide bonds. The Morgan fingerprint density at radius 1 is 0.923 bits per heavy atom. The minimum Gasteiger partial charge on any atom is -0.489 e. The lowest BCUT2D eigenvalue weighted by atomic mass is 10.1. The van der Waals surface area contributed by atoms with Crippen molar-refractivity contribution in [2.75, 3.05) is 18.4 Å². The van der Waals surface area contributed by atoms with Crippen LogP contribution in [-0.4, -0.2) is 47.8 Å².